The molecule has 3 N–H and O–H groups in total. The molecule has 1 fully saturated rings. The van der Waals surface area contributed by atoms with Crippen molar-refractivity contribution in [2.75, 3.05) is 26.4 Å². The molecule has 1 aliphatic rings. The predicted octanol–water partition coefficient (Wildman–Crippen LogP) is 1.11. The van der Waals surface area contributed by atoms with E-state index in [0.717, 1.165) is 37.8 Å². The molecule has 33 heavy (non-hydrogen) atoms. The van der Waals surface area contributed by atoms with Gasteiger partial charge in [-0.25, -0.2) is 13.4 Å². The number of piperidine rings is 1. The third-order valence-electron chi connectivity index (χ3n) is 5.35. The number of thiocarbonyl (C=S) groups is 1. The van der Waals surface area contributed by atoms with Crippen molar-refractivity contribution >= 4 is 39.0 Å². The number of likely N-dealkylation sites (tertiary alicyclic amines) is 1. The summed E-state index contributed by atoms with van der Waals surface area (Å²) in [6.45, 7) is 1.71. The highest BCUT2D eigenvalue weighted by Gasteiger charge is 2.23. The fourth-order valence-corrected chi connectivity index (χ4v) is 4.27. The summed E-state index contributed by atoms with van der Waals surface area (Å²) in [6, 6.07) is 11.0. The Morgan fingerprint density at radius 1 is 1.06 bits per heavy atom. The Morgan fingerprint density at radius 3 is 2.24 bits per heavy atom. The van der Waals surface area contributed by atoms with E-state index >= 15 is 0 Å². The van der Waals surface area contributed by atoms with Gasteiger partial charge >= 0.3 is 0 Å². The number of pyridine rings is 1. The smallest absolute Gasteiger partial charge is 0.270 e. The van der Waals surface area contributed by atoms with Crippen LogP contribution in [-0.4, -0.2) is 67.7 Å². The fraction of sp³-hybridized carbons (Fsp3) is 0.364. The third kappa shape index (κ3) is 6.72. The summed E-state index contributed by atoms with van der Waals surface area (Å²) in [5.74, 6) is -0.749. The summed E-state index contributed by atoms with van der Waals surface area (Å²) in [5, 5.41) is 9.38. The molecular weight excluding hydrogens is 462 g/mol. The van der Waals surface area contributed by atoms with Gasteiger partial charge in [0.25, 0.3) is 11.8 Å². The third-order valence-corrected chi connectivity index (χ3v) is 6.94. The van der Waals surface area contributed by atoms with E-state index in [1.54, 1.807) is 31.3 Å². The Labute approximate surface area is 198 Å². The van der Waals surface area contributed by atoms with Gasteiger partial charge in [0.2, 0.25) is 0 Å². The SMILES string of the molecule is CNC(=S)N1CCC(NC(=O)c2cccc(C(=O)NCc3ccc(S(C)(=O)=O)cc3)n2)CC1. The topological polar surface area (TPSA) is 120 Å². The van der Waals surface area contributed by atoms with Crippen LogP contribution >= 0.6 is 12.2 Å². The molecule has 0 aliphatic carbocycles. The molecule has 11 heteroatoms. The number of benzene rings is 1. The second kappa shape index (κ2) is 10.7. The number of hydrogen-bond donors (Lipinski definition) is 3. The molecule has 9 nitrogen and oxygen atoms in total. The molecule has 176 valence electrons. The largest absolute Gasteiger partial charge is 0.366 e. The molecule has 0 atom stereocenters. The van der Waals surface area contributed by atoms with Gasteiger partial charge in [-0.2, -0.15) is 0 Å². The van der Waals surface area contributed by atoms with E-state index in [2.05, 4.69) is 25.8 Å². The van der Waals surface area contributed by atoms with Crippen molar-refractivity contribution in [3.63, 3.8) is 0 Å². The van der Waals surface area contributed by atoms with E-state index in [-0.39, 0.29) is 34.8 Å². The van der Waals surface area contributed by atoms with Gasteiger partial charge in [0.1, 0.15) is 11.4 Å². The van der Waals surface area contributed by atoms with E-state index in [1.807, 2.05) is 0 Å². The van der Waals surface area contributed by atoms with E-state index in [1.165, 1.54) is 18.2 Å². The lowest BCUT2D eigenvalue weighted by Crippen LogP contribution is -2.48. The number of amides is 2. The van der Waals surface area contributed by atoms with E-state index in [4.69, 9.17) is 12.2 Å². The van der Waals surface area contributed by atoms with Crippen molar-refractivity contribution in [1.29, 1.82) is 0 Å². The Hall–Kier alpha value is -3.05. The summed E-state index contributed by atoms with van der Waals surface area (Å²) < 4.78 is 23.1. The second-order valence-corrected chi connectivity index (χ2v) is 10.2. The zero-order valence-corrected chi connectivity index (χ0v) is 20.1. The number of hydrogen-bond acceptors (Lipinski definition) is 6. The van der Waals surface area contributed by atoms with E-state index in [9.17, 15) is 18.0 Å². The van der Waals surface area contributed by atoms with Crippen molar-refractivity contribution < 1.29 is 18.0 Å². The summed E-state index contributed by atoms with van der Waals surface area (Å²) in [5.41, 5.74) is 1.05. The molecule has 1 aromatic carbocycles. The first-order chi connectivity index (χ1) is 15.7. The average Bonchev–Trinajstić information content (AvgIpc) is 2.82. The summed E-state index contributed by atoms with van der Waals surface area (Å²) in [6.07, 6.45) is 2.68. The number of rotatable bonds is 6. The van der Waals surface area contributed by atoms with Gasteiger partial charge in [0.15, 0.2) is 14.9 Å². The van der Waals surface area contributed by atoms with Gasteiger partial charge in [-0.1, -0.05) is 18.2 Å². The fourth-order valence-electron chi connectivity index (χ4n) is 3.46. The van der Waals surface area contributed by atoms with Crippen molar-refractivity contribution in [2.24, 2.45) is 0 Å². The maximum absolute atomic E-state index is 12.6. The number of nitrogens with one attached hydrogen (secondary N) is 3. The molecule has 2 amide bonds. The first-order valence-corrected chi connectivity index (χ1v) is 12.8. The molecule has 2 heterocycles. The lowest BCUT2D eigenvalue weighted by molar-refractivity contribution is 0.0916. The van der Waals surface area contributed by atoms with Gasteiger partial charge in [0.05, 0.1) is 4.90 Å². The number of aromatic nitrogens is 1. The molecule has 0 saturated carbocycles. The standard InChI is InChI=1S/C22H27N5O4S2/c1-23-22(32)27-12-10-16(11-13-27)25-21(29)19-5-3-4-18(26-19)20(28)24-14-15-6-8-17(9-7-15)33(2,30)31/h3-9,16H,10-14H2,1-2H3,(H,23,32)(H,24,28)(H,25,29). The van der Waals surface area contributed by atoms with Crippen molar-refractivity contribution in [3.05, 3.63) is 59.4 Å². The minimum atomic E-state index is -3.27. The normalized spacial score (nSPS) is 14.4. The second-order valence-electron chi connectivity index (χ2n) is 7.80. The van der Waals surface area contributed by atoms with E-state index < -0.39 is 15.7 Å². The van der Waals surface area contributed by atoms with Crippen LogP contribution in [0.5, 0.6) is 0 Å². The molecule has 1 aromatic heterocycles. The molecule has 0 unspecified atom stereocenters. The highest BCUT2D eigenvalue weighted by Crippen LogP contribution is 2.12. The minimum Gasteiger partial charge on any atom is -0.366 e. The molecule has 0 spiro atoms. The summed E-state index contributed by atoms with van der Waals surface area (Å²) in [4.78, 5) is 31.6. The summed E-state index contributed by atoms with van der Waals surface area (Å²) in [7, 11) is -1.48. The van der Waals surface area contributed by atoms with Crippen LogP contribution in [0.4, 0.5) is 0 Å². The lowest BCUT2D eigenvalue weighted by Gasteiger charge is -2.33. The van der Waals surface area contributed by atoms with Crippen LogP contribution in [0.1, 0.15) is 39.4 Å². The summed E-state index contributed by atoms with van der Waals surface area (Å²) >= 11 is 5.25. The Bertz CT molecular complexity index is 1130. The molecular formula is C22H27N5O4S2. The van der Waals surface area contributed by atoms with Crippen LogP contribution in [0.3, 0.4) is 0 Å². The zero-order chi connectivity index (χ0) is 24.0. The molecule has 2 aromatic rings. The molecule has 0 radical (unpaired) electrons. The van der Waals surface area contributed by atoms with E-state index in [0.29, 0.717) is 5.11 Å². The maximum Gasteiger partial charge on any atom is 0.270 e. The predicted molar refractivity (Wildman–Crippen MR) is 129 cm³/mol. The quantitative estimate of drug-likeness (QED) is 0.516. The Kier molecular flexibility index (Phi) is 7.98. The number of nitrogens with zero attached hydrogens (tertiary/aromatic N) is 2. The lowest BCUT2D eigenvalue weighted by atomic mass is 10.1. The monoisotopic (exact) mass is 489 g/mol. The highest BCUT2D eigenvalue weighted by molar-refractivity contribution is 7.90. The van der Waals surface area contributed by atoms with Gasteiger partial charge in [-0.15, -0.1) is 0 Å². The number of carbonyl (C=O) groups excluding carboxylic acids is 2. The number of carbonyl (C=O) groups is 2. The van der Waals surface area contributed by atoms with Crippen LogP contribution in [0, 0.1) is 0 Å². The van der Waals surface area contributed by atoms with Crippen LogP contribution in [0.15, 0.2) is 47.4 Å². The molecule has 3 rings (SSSR count). The molecule has 1 aliphatic heterocycles. The van der Waals surface area contributed by atoms with Crippen LogP contribution in [-0.2, 0) is 16.4 Å². The first kappa shape index (κ1) is 24.6. The maximum atomic E-state index is 12.6. The number of sulfone groups is 1. The highest BCUT2D eigenvalue weighted by atomic mass is 32.2. The zero-order valence-electron chi connectivity index (χ0n) is 18.5. The van der Waals surface area contributed by atoms with Crippen LogP contribution < -0.4 is 16.0 Å². The molecule has 0 bridgehead atoms. The van der Waals surface area contributed by atoms with Gasteiger partial charge < -0.3 is 20.9 Å². The van der Waals surface area contributed by atoms with Crippen molar-refractivity contribution in [2.45, 2.75) is 30.3 Å². The average molecular weight is 490 g/mol. The van der Waals surface area contributed by atoms with Gasteiger partial charge in [-0.05, 0) is 54.9 Å². The first-order valence-electron chi connectivity index (χ1n) is 10.5. The van der Waals surface area contributed by atoms with Crippen LogP contribution in [0.2, 0.25) is 0 Å². The molecule has 1 saturated heterocycles. The van der Waals surface area contributed by atoms with Crippen LogP contribution in [0.25, 0.3) is 0 Å². The van der Waals surface area contributed by atoms with Gasteiger partial charge in [0, 0.05) is 39.0 Å². The Morgan fingerprint density at radius 2 is 1.67 bits per heavy atom. The van der Waals surface area contributed by atoms with Gasteiger partial charge in [-0.3, -0.25) is 9.59 Å². The Balaban J connectivity index is 1.55. The minimum absolute atomic E-state index is 0.0163. The van der Waals surface area contributed by atoms with Crippen molar-refractivity contribution in [1.82, 2.24) is 25.8 Å². The van der Waals surface area contributed by atoms with Crippen molar-refractivity contribution in [3.8, 4) is 0 Å².